The van der Waals surface area contributed by atoms with Gasteiger partial charge in [-0.15, -0.1) is 0 Å². The second kappa shape index (κ2) is 11.4. The minimum absolute atomic E-state index is 0.0653. The van der Waals surface area contributed by atoms with Crippen LogP contribution in [0.3, 0.4) is 0 Å². The third kappa shape index (κ3) is 5.33. The highest BCUT2D eigenvalue weighted by Crippen LogP contribution is 2.54. The average Bonchev–Trinajstić information content (AvgIpc) is 4.03. The fourth-order valence-corrected chi connectivity index (χ4v) is 8.93. The number of hydrogen-bond acceptors (Lipinski definition) is 5. The van der Waals surface area contributed by atoms with Crippen LogP contribution in [0.2, 0.25) is 5.15 Å². The Morgan fingerprint density at radius 3 is 1.81 bits per heavy atom. The molecule has 2 amide bonds. The maximum absolute atomic E-state index is 12.7. The zero-order valence-electron chi connectivity index (χ0n) is 29.7. The predicted octanol–water partition coefficient (Wildman–Crippen LogP) is 6.34. The summed E-state index contributed by atoms with van der Waals surface area (Å²) in [6.07, 6.45) is 12.0. The molecular formula is C43H39ClN6O3. The maximum Gasteiger partial charge on any atom is 0.253 e. The lowest BCUT2D eigenvalue weighted by Gasteiger charge is -2.23. The Morgan fingerprint density at radius 2 is 1.28 bits per heavy atom. The van der Waals surface area contributed by atoms with E-state index in [-0.39, 0.29) is 22.6 Å². The SMILES string of the molecule is CC(C)(O)C#Cc1ccc(-c2cc3c(cn2)CCc2c-3[nH]c3c2C(=O)NCC32CC2)cc1.O=C1NCC2(CC2)c2[nH]c3c(c21)CCc1cnc(Cl)cc1-3. The van der Waals surface area contributed by atoms with E-state index in [1.54, 1.807) is 13.8 Å². The molecular weight excluding hydrogens is 684 g/mol. The molecule has 0 atom stereocenters. The van der Waals surface area contributed by atoms with Gasteiger partial charge in [0.15, 0.2) is 0 Å². The van der Waals surface area contributed by atoms with Gasteiger partial charge >= 0.3 is 0 Å². The maximum atomic E-state index is 12.7. The molecule has 6 aliphatic rings. The molecule has 5 aromatic rings. The van der Waals surface area contributed by atoms with E-state index in [1.807, 2.05) is 42.7 Å². The van der Waals surface area contributed by atoms with Gasteiger partial charge in [0, 0.05) is 70.0 Å². The van der Waals surface area contributed by atoms with Crippen molar-refractivity contribution in [2.45, 2.75) is 81.6 Å². The summed E-state index contributed by atoms with van der Waals surface area (Å²) in [6, 6.07) is 12.0. The van der Waals surface area contributed by atoms with Crippen molar-refractivity contribution in [2.24, 2.45) is 0 Å². The number of aromatic amines is 2. The van der Waals surface area contributed by atoms with Crippen molar-refractivity contribution in [3.05, 3.63) is 104 Å². The molecule has 0 radical (unpaired) electrons. The van der Waals surface area contributed by atoms with Gasteiger partial charge in [0.2, 0.25) is 0 Å². The molecule has 2 spiro atoms. The molecule has 53 heavy (non-hydrogen) atoms. The van der Waals surface area contributed by atoms with Crippen LogP contribution in [0.4, 0.5) is 0 Å². The minimum atomic E-state index is -1.01. The first-order valence-corrected chi connectivity index (χ1v) is 19.0. The summed E-state index contributed by atoms with van der Waals surface area (Å²) in [4.78, 5) is 41.2. The van der Waals surface area contributed by atoms with Crippen LogP contribution in [-0.2, 0) is 36.5 Å². The summed E-state index contributed by atoms with van der Waals surface area (Å²) in [5, 5.41) is 16.5. The number of halogens is 1. The highest BCUT2D eigenvalue weighted by atomic mass is 35.5. The van der Waals surface area contributed by atoms with Gasteiger partial charge in [-0.25, -0.2) is 4.98 Å². The fraction of sp³-hybridized carbons (Fsp3) is 0.349. The van der Waals surface area contributed by atoms with Crippen LogP contribution in [-0.4, -0.2) is 55.5 Å². The van der Waals surface area contributed by atoms with Crippen molar-refractivity contribution in [2.75, 3.05) is 13.1 Å². The Hall–Kier alpha value is -5.17. The number of H-pyrrole nitrogens is 2. The number of pyridine rings is 2. The Kier molecular flexibility index (Phi) is 6.99. The van der Waals surface area contributed by atoms with Gasteiger partial charge in [0.1, 0.15) is 10.8 Å². The first-order chi connectivity index (χ1) is 25.5. The van der Waals surface area contributed by atoms with Crippen molar-refractivity contribution >= 4 is 23.4 Å². The van der Waals surface area contributed by atoms with Crippen LogP contribution in [0.15, 0.2) is 48.8 Å². The Morgan fingerprint density at radius 1 is 0.755 bits per heavy atom. The van der Waals surface area contributed by atoms with Gasteiger partial charge in [0.25, 0.3) is 11.8 Å². The molecule has 2 saturated carbocycles. The Bertz CT molecular complexity index is 2470. The molecule has 2 fully saturated rings. The summed E-state index contributed by atoms with van der Waals surface area (Å²) in [5.74, 6) is 5.99. The number of aromatic nitrogens is 4. The molecule has 4 aromatic heterocycles. The van der Waals surface area contributed by atoms with Crippen LogP contribution >= 0.6 is 11.6 Å². The molecule has 4 aliphatic carbocycles. The van der Waals surface area contributed by atoms with Crippen LogP contribution in [0.5, 0.6) is 0 Å². The third-order valence-corrected chi connectivity index (χ3v) is 12.3. The van der Waals surface area contributed by atoms with E-state index in [4.69, 9.17) is 16.6 Å². The van der Waals surface area contributed by atoms with E-state index in [1.165, 1.54) is 11.1 Å². The lowest BCUT2D eigenvalue weighted by Crippen LogP contribution is -2.39. The molecule has 6 heterocycles. The number of carbonyl (C=O) groups excluding carboxylic acids is 2. The standard InChI is InChI=1S/C27H25N3O2.C16H14ClN3O/c1-26(2,32)10-9-16-3-5-17(6-4-16)21-13-20-18(14-28-21)7-8-19-22-24(30-23(19)20)27(11-12-27)15-29-25(22)31;17-11-5-10-8(6-18-11)1-2-9-12-14(20-13(9)10)16(3-4-16)7-19-15(12)21/h3-6,13-14,30,32H,7-8,11-12,15H2,1-2H3,(H,29,31);5-6,20H,1-4,7H2,(H,19,21). The molecule has 266 valence electrons. The molecule has 2 aliphatic heterocycles. The van der Waals surface area contributed by atoms with Crippen molar-refractivity contribution in [1.82, 2.24) is 30.6 Å². The van der Waals surface area contributed by atoms with Gasteiger partial charge < -0.3 is 25.7 Å². The van der Waals surface area contributed by atoms with Crippen LogP contribution in [0.1, 0.15) is 99.5 Å². The molecule has 0 bridgehead atoms. The first-order valence-electron chi connectivity index (χ1n) is 18.6. The quantitative estimate of drug-likeness (QED) is 0.102. The number of hydrogen-bond donors (Lipinski definition) is 5. The van der Waals surface area contributed by atoms with Gasteiger partial charge in [-0.1, -0.05) is 35.6 Å². The van der Waals surface area contributed by atoms with E-state index in [0.29, 0.717) is 5.15 Å². The fourth-order valence-electron chi connectivity index (χ4n) is 8.77. The number of fused-ring (bicyclic) bond motifs is 12. The molecule has 9 nitrogen and oxygen atoms in total. The number of carbonyl (C=O) groups is 2. The summed E-state index contributed by atoms with van der Waals surface area (Å²) in [7, 11) is 0. The number of aryl methyl sites for hydroxylation is 2. The smallest absolute Gasteiger partial charge is 0.253 e. The molecule has 5 N–H and O–H groups in total. The van der Waals surface area contributed by atoms with Crippen molar-refractivity contribution < 1.29 is 14.7 Å². The first kappa shape index (κ1) is 32.5. The highest BCUT2D eigenvalue weighted by Gasteiger charge is 2.53. The third-order valence-electron chi connectivity index (χ3n) is 12.1. The summed E-state index contributed by atoms with van der Waals surface area (Å²) < 4.78 is 0. The lowest BCUT2D eigenvalue weighted by molar-refractivity contribution is 0.0928. The normalized spacial score (nSPS) is 18.7. The largest absolute Gasteiger partial charge is 0.378 e. The van der Waals surface area contributed by atoms with Crippen molar-refractivity contribution in [1.29, 1.82) is 0 Å². The van der Waals surface area contributed by atoms with Crippen LogP contribution < -0.4 is 10.6 Å². The summed E-state index contributed by atoms with van der Waals surface area (Å²) in [5.41, 5.74) is 15.3. The summed E-state index contributed by atoms with van der Waals surface area (Å²) in [6.45, 7) is 4.86. The van der Waals surface area contributed by atoms with Gasteiger partial charge in [-0.05, 0) is 112 Å². The molecule has 11 rings (SSSR count). The van der Waals surface area contributed by atoms with E-state index in [0.717, 1.165) is 137 Å². The molecule has 0 unspecified atom stereocenters. The minimum Gasteiger partial charge on any atom is -0.378 e. The summed E-state index contributed by atoms with van der Waals surface area (Å²) >= 11 is 6.06. The second-order valence-corrected chi connectivity index (χ2v) is 16.5. The Labute approximate surface area is 312 Å². The van der Waals surface area contributed by atoms with Crippen molar-refractivity contribution in [3.63, 3.8) is 0 Å². The van der Waals surface area contributed by atoms with E-state index in [2.05, 4.69) is 43.5 Å². The second-order valence-electron chi connectivity index (χ2n) is 16.2. The highest BCUT2D eigenvalue weighted by molar-refractivity contribution is 6.29. The van der Waals surface area contributed by atoms with Gasteiger partial charge in [-0.2, -0.15) is 0 Å². The number of aliphatic hydroxyl groups is 1. The monoisotopic (exact) mass is 722 g/mol. The number of nitrogens with zero attached hydrogens (tertiary/aromatic N) is 2. The predicted molar refractivity (Wildman–Crippen MR) is 203 cm³/mol. The van der Waals surface area contributed by atoms with Crippen molar-refractivity contribution in [3.8, 4) is 45.6 Å². The number of nitrogens with one attached hydrogen (secondary N) is 4. The van der Waals surface area contributed by atoms with E-state index in [9.17, 15) is 14.7 Å². The number of amides is 2. The van der Waals surface area contributed by atoms with E-state index < -0.39 is 5.60 Å². The Balaban J connectivity index is 0.000000143. The number of benzene rings is 1. The average molecular weight is 723 g/mol. The zero-order valence-corrected chi connectivity index (χ0v) is 30.5. The van der Waals surface area contributed by atoms with Gasteiger partial charge in [-0.3, -0.25) is 14.6 Å². The van der Waals surface area contributed by atoms with Gasteiger partial charge in [0.05, 0.1) is 28.2 Å². The molecule has 0 saturated heterocycles. The van der Waals surface area contributed by atoms with Crippen LogP contribution in [0.25, 0.3) is 33.8 Å². The topological polar surface area (TPSA) is 136 Å². The van der Waals surface area contributed by atoms with E-state index >= 15 is 0 Å². The zero-order chi connectivity index (χ0) is 36.3. The van der Waals surface area contributed by atoms with Crippen LogP contribution in [0, 0.1) is 11.8 Å². The lowest BCUT2D eigenvalue weighted by atomic mass is 9.86. The number of rotatable bonds is 1. The molecule has 1 aromatic carbocycles. The molecule has 10 heteroatoms.